The van der Waals surface area contributed by atoms with E-state index in [-0.39, 0.29) is 18.2 Å². The number of aromatic carboxylic acids is 1. The van der Waals surface area contributed by atoms with Crippen LogP contribution in [0.4, 0.5) is 5.82 Å². The summed E-state index contributed by atoms with van der Waals surface area (Å²) in [5.74, 6) is -0.507. The number of hydrogen-bond donors (Lipinski definition) is 2. The maximum Gasteiger partial charge on any atom is 0.337 e. The molecular formula is C12H17ClN2O3. The third-order valence-corrected chi connectivity index (χ3v) is 2.80. The Kier molecular flexibility index (Phi) is 5.37. The van der Waals surface area contributed by atoms with Crippen molar-refractivity contribution in [1.29, 1.82) is 0 Å². The normalized spacial score (nSPS) is 10.7. The zero-order chi connectivity index (χ0) is 13.7. The fourth-order valence-corrected chi connectivity index (χ4v) is 1.88. The number of anilines is 1. The van der Waals surface area contributed by atoms with Crippen LogP contribution in [0.25, 0.3) is 0 Å². The van der Waals surface area contributed by atoms with E-state index in [0.717, 1.165) is 0 Å². The average molecular weight is 273 g/mol. The highest BCUT2D eigenvalue weighted by atomic mass is 35.5. The Hall–Kier alpha value is -1.33. The number of pyridine rings is 1. The molecule has 0 aliphatic rings. The largest absolute Gasteiger partial charge is 0.478 e. The molecule has 1 heterocycles. The lowest BCUT2D eigenvalue weighted by atomic mass is 10.2. The van der Waals surface area contributed by atoms with Crippen molar-refractivity contribution < 1.29 is 15.0 Å². The molecule has 0 saturated heterocycles. The number of aliphatic hydroxyl groups is 1. The summed E-state index contributed by atoms with van der Waals surface area (Å²) in [5.41, 5.74) is 0.0645. The molecule has 0 radical (unpaired) electrons. The summed E-state index contributed by atoms with van der Waals surface area (Å²) < 4.78 is 0. The van der Waals surface area contributed by atoms with Crippen LogP contribution in [0.1, 0.15) is 30.6 Å². The molecule has 100 valence electrons. The van der Waals surface area contributed by atoms with Crippen molar-refractivity contribution in [1.82, 2.24) is 4.98 Å². The van der Waals surface area contributed by atoms with Crippen LogP contribution in [0.15, 0.2) is 12.3 Å². The lowest BCUT2D eigenvalue weighted by molar-refractivity contribution is 0.0696. The van der Waals surface area contributed by atoms with E-state index in [2.05, 4.69) is 4.98 Å². The lowest BCUT2D eigenvalue weighted by Crippen LogP contribution is -2.33. The molecule has 0 aromatic carbocycles. The summed E-state index contributed by atoms with van der Waals surface area (Å²) in [6.07, 6.45) is 1.90. The van der Waals surface area contributed by atoms with Gasteiger partial charge in [-0.15, -0.1) is 0 Å². The fraction of sp³-hybridized carbons (Fsp3) is 0.500. The van der Waals surface area contributed by atoms with E-state index >= 15 is 0 Å². The molecule has 2 N–H and O–H groups in total. The predicted molar refractivity (Wildman–Crippen MR) is 70.4 cm³/mol. The Morgan fingerprint density at radius 3 is 2.67 bits per heavy atom. The van der Waals surface area contributed by atoms with Crippen LogP contribution in [0.5, 0.6) is 0 Å². The van der Waals surface area contributed by atoms with Gasteiger partial charge in [-0.2, -0.15) is 0 Å². The van der Waals surface area contributed by atoms with Gasteiger partial charge < -0.3 is 15.1 Å². The molecule has 0 aliphatic carbocycles. The lowest BCUT2D eigenvalue weighted by Gasteiger charge is -2.28. The minimum absolute atomic E-state index is 0.0645. The number of carboxylic acid groups (broad SMARTS) is 1. The van der Waals surface area contributed by atoms with Crippen LogP contribution in [0.3, 0.4) is 0 Å². The van der Waals surface area contributed by atoms with Crippen LogP contribution in [-0.4, -0.2) is 40.4 Å². The predicted octanol–water partition coefficient (Wildman–Crippen LogP) is 2.03. The Labute approximate surface area is 111 Å². The minimum atomic E-state index is -1.05. The molecular weight excluding hydrogens is 256 g/mol. The van der Waals surface area contributed by atoms with E-state index in [1.54, 1.807) is 0 Å². The van der Waals surface area contributed by atoms with Crippen molar-refractivity contribution in [2.45, 2.75) is 26.3 Å². The van der Waals surface area contributed by atoms with E-state index in [1.807, 2.05) is 18.7 Å². The molecule has 0 unspecified atom stereocenters. The first-order valence-electron chi connectivity index (χ1n) is 5.73. The maximum atomic E-state index is 10.8. The standard InChI is InChI=1S/C12H17ClN2O3/c1-8(2)15(4-3-5-16)11-10(13)6-9(7-14-11)12(17)18/h6-8,16H,3-5H2,1-2H3,(H,17,18). The first-order valence-corrected chi connectivity index (χ1v) is 6.11. The van der Waals surface area contributed by atoms with Crippen LogP contribution < -0.4 is 4.90 Å². The highest BCUT2D eigenvalue weighted by Gasteiger charge is 2.16. The van der Waals surface area contributed by atoms with Crippen molar-refractivity contribution in [2.24, 2.45) is 0 Å². The van der Waals surface area contributed by atoms with Gasteiger partial charge in [0.05, 0.1) is 10.6 Å². The highest BCUT2D eigenvalue weighted by Crippen LogP contribution is 2.25. The molecule has 1 rings (SSSR count). The smallest absolute Gasteiger partial charge is 0.337 e. The van der Waals surface area contributed by atoms with Crippen LogP contribution in [0, 0.1) is 0 Å². The summed E-state index contributed by atoms with van der Waals surface area (Å²) in [4.78, 5) is 16.8. The summed E-state index contributed by atoms with van der Waals surface area (Å²) >= 11 is 6.06. The van der Waals surface area contributed by atoms with Crippen LogP contribution in [0.2, 0.25) is 5.02 Å². The molecule has 1 aromatic heterocycles. The monoisotopic (exact) mass is 272 g/mol. The van der Waals surface area contributed by atoms with Gasteiger partial charge >= 0.3 is 5.97 Å². The summed E-state index contributed by atoms with van der Waals surface area (Å²) in [6.45, 7) is 4.68. The molecule has 0 saturated carbocycles. The quantitative estimate of drug-likeness (QED) is 0.829. The van der Waals surface area contributed by atoms with E-state index in [1.165, 1.54) is 12.3 Å². The highest BCUT2D eigenvalue weighted by molar-refractivity contribution is 6.33. The van der Waals surface area contributed by atoms with Gasteiger partial charge in [0, 0.05) is 25.4 Å². The maximum absolute atomic E-state index is 10.8. The number of halogens is 1. The molecule has 18 heavy (non-hydrogen) atoms. The molecule has 0 atom stereocenters. The average Bonchev–Trinajstić information content (AvgIpc) is 2.30. The Morgan fingerprint density at radius 2 is 2.22 bits per heavy atom. The van der Waals surface area contributed by atoms with Gasteiger partial charge in [-0.05, 0) is 26.3 Å². The van der Waals surface area contributed by atoms with Crippen molar-refractivity contribution in [2.75, 3.05) is 18.1 Å². The van der Waals surface area contributed by atoms with Gasteiger partial charge in [0.1, 0.15) is 5.82 Å². The van der Waals surface area contributed by atoms with Crippen molar-refractivity contribution in [3.8, 4) is 0 Å². The summed E-state index contributed by atoms with van der Waals surface area (Å²) in [7, 11) is 0. The molecule has 0 fully saturated rings. The Bertz CT molecular complexity index is 424. The number of carbonyl (C=O) groups is 1. The zero-order valence-electron chi connectivity index (χ0n) is 10.4. The van der Waals surface area contributed by atoms with Crippen molar-refractivity contribution in [3.63, 3.8) is 0 Å². The third kappa shape index (κ3) is 3.58. The third-order valence-electron chi connectivity index (χ3n) is 2.52. The van der Waals surface area contributed by atoms with E-state index in [4.69, 9.17) is 21.8 Å². The minimum Gasteiger partial charge on any atom is -0.478 e. The summed E-state index contributed by atoms with van der Waals surface area (Å²) in [5, 5.41) is 18.0. The number of aliphatic hydroxyl groups excluding tert-OH is 1. The zero-order valence-corrected chi connectivity index (χ0v) is 11.2. The second-order valence-corrected chi connectivity index (χ2v) is 4.61. The number of hydrogen-bond acceptors (Lipinski definition) is 4. The van der Waals surface area contributed by atoms with Crippen LogP contribution in [-0.2, 0) is 0 Å². The van der Waals surface area contributed by atoms with Crippen molar-refractivity contribution >= 4 is 23.4 Å². The molecule has 0 aliphatic heterocycles. The van der Waals surface area contributed by atoms with E-state index in [9.17, 15) is 4.79 Å². The number of nitrogens with zero attached hydrogens (tertiary/aromatic N) is 2. The molecule has 0 spiro atoms. The first kappa shape index (κ1) is 14.7. The van der Waals surface area contributed by atoms with E-state index < -0.39 is 5.97 Å². The number of rotatable bonds is 6. The molecule has 1 aromatic rings. The Balaban J connectivity index is 3.01. The molecule has 0 bridgehead atoms. The van der Waals surface area contributed by atoms with E-state index in [0.29, 0.717) is 23.8 Å². The second-order valence-electron chi connectivity index (χ2n) is 4.20. The van der Waals surface area contributed by atoms with Gasteiger partial charge in [0.25, 0.3) is 0 Å². The Morgan fingerprint density at radius 1 is 1.56 bits per heavy atom. The number of aromatic nitrogens is 1. The van der Waals surface area contributed by atoms with Gasteiger partial charge in [0.15, 0.2) is 0 Å². The topological polar surface area (TPSA) is 73.7 Å². The van der Waals surface area contributed by atoms with Gasteiger partial charge in [0.2, 0.25) is 0 Å². The van der Waals surface area contributed by atoms with Crippen LogP contribution >= 0.6 is 11.6 Å². The van der Waals surface area contributed by atoms with Crippen molar-refractivity contribution in [3.05, 3.63) is 22.8 Å². The molecule has 6 heteroatoms. The van der Waals surface area contributed by atoms with Gasteiger partial charge in [-0.25, -0.2) is 9.78 Å². The molecule has 5 nitrogen and oxygen atoms in total. The second kappa shape index (κ2) is 6.56. The SMILES string of the molecule is CC(C)N(CCCO)c1ncc(C(=O)O)cc1Cl. The summed E-state index contributed by atoms with van der Waals surface area (Å²) in [6, 6.07) is 1.55. The number of carboxylic acids is 1. The first-order chi connectivity index (χ1) is 8.47. The molecule has 0 amide bonds. The van der Waals surface area contributed by atoms with Gasteiger partial charge in [-0.1, -0.05) is 11.6 Å². The fourth-order valence-electron chi connectivity index (χ4n) is 1.61. The van der Waals surface area contributed by atoms with Gasteiger partial charge in [-0.3, -0.25) is 0 Å².